The lowest BCUT2D eigenvalue weighted by atomic mass is 10.3. The zero-order chi connectivity index (χ0) is 9.14. The second-order valence-corrected chi connectivity index (χ2v) is 3.38. The Morgan fingerprint density at radius 3 is 2.75 bits per heavy atom. The molecule has 0 radical (unpaired) electrons. The topological polar surface area (TPSA) is 61.0 Å². The standard InChI is InChI=1S/C7H10IN3O/c1-4-10-5(3-12-2)6(9)7(8)11-4/h3,9H2,1-2H3. The van der Waals surface area contributed by atoms with Gasteiger partial charge in [-0.3, -0.25) is 0 Å². The van der Waals surface area contributed by atoms with Crippen LogP contribution in [0.5, 0.6) is 0 Å². The number of halogens is 1. The number of methoxy groups -OCH3 is 1. The molecule has 0 aromatic carbocycles. The third-order valence-electron chi connectivity index (χ3n) is 1.37. The highest BCUT2D eigenvalue weighted by Crippen LogP contribution is 2.16. The summed E-state index contributed by atoms with van der Waals surface area (Å²) < 4.78 is 5.73. The van der Waals surface area contributed by atoms with Crippen molar-refractivity contribution in [1.29, 1.82) is 0 Å². The molecule has 5 heteroatoms. The summed E-state index contributed by atoms with van der Waals surface area (Å²) in [5.41, 5.74) is 7.10. The van der Waals surface area contributed by atoms with E-state index < -0.39 is 0 Å². The SMILES string of the molecule is COCc1nc(C)nc(I)c1N. The molecule has 4 nitrogen and oxygen atoms in total. The number of rotatable bonds is 2. The molecule has 0 saturated heterocycles. The van der Waals surface area contributed by atoms with Crippen LogP contribution in [0, 0.1) is 10.6 Å². The van der Waals surface area contributed by atoms with Gasteiger partial charge in [-0.25, -0.2) is 9.97 Å². The van der Waals surface area contributed by atoms with Crippen LogP contribution in [-0.2, 0) is 11.3 Å². The van der Waals surface area contributed by atoms with E-state index in [1.165, 1.54) is 0 Å². The van der Waals surface area contributed by atoms with Gasteiger partial charge in [0.1, 0.15) is 9.53 Å². The first-order chi connectivity index (χ1) is 5.65. The van der Waals surface area contributed by atoms with Crippen LogP contribution < -0.4 is 5.73 Å². The molecule has 0 spiro atoms. The van der Waals surface area contributed by atoms with Crippen LogP contribution in [0.15, 0.2) is 0 Å². The first-order valence-corrected chi connectivity index (χ1v) is 4.50. The van der Waals surface area contributed by atoms with Gasteiger partial charge >= 0.3 is 0 Å². The van der Waals surface area contributed by atoms with Gasteiger partial charge in [-0.05, 0) is 29.5 Å². The van der Waals surface area contributed by atoms with E-state index in [0.29, 0.717) is 12.3 Å². The molecule has 0 aliphatic heterocycles. The van der Waals surface area contributed by atoms with E-state index in [1.54, 1.807) is 7.11 Å². The van der Waals surface area contributed by atoms with Crippen LogP contribution in [0.3, 0.4) is 0 Å². The number of anilines is 1. The van der Waals surface area contributed by atoms with Crippen molar-refractivity contribution in [3.8, 4) is 0 Å². The Kier molecular flexibility index (Phi) is 3.21. The molecule has 1 aromatic rings. The second-order valence-electron chi connectivity index (χ2n) is 2.36. The number of aromatic nitrogens is 2. The fourth-order valence-corrected chi connectivity index (χ4v) is 1.51. The van der Waals surface area contributed by atoms with Crippen LogP contribution >= 0.6 is 22.6 Å². The maximum atomic E-state index is 5.73. The van der Waals surface area contributed by atoms with Crippen molar-refractivity contribution in [3.05, 3.63) is 15.2 Å². The summed E-state index contributed by atoms with van der Waals surface area (Å²) >= 11 is 2.08. The minimum Gasteiger partial charge on any atom is -0.395 e. The highest BCUT2D eigenvalue weighted by Gasteiger charge is 2.06. The number of ether oxygens (including phenoxy) is 1. The molecule has 0 atom stereocenters. The summed E-state index contributed by atoms with van der Waals surface area (Å²) in [6.45, 7) is 2.27. The molecule has 2 N–H and O–H groups in total. The number of hydrogen-bond donors (Lipinski definition) is 1. The van der Waals surface area contributed by atoms with E-state index in [1.807, 2.05) is 6.92 Å². The summed E-state index contributed by atoms with van der Waals surface area (Å²) in [7, 11) is 1.61. The number of hydrogen-bond acceptors (Lipinski definition) is 4. The van der Waals surface area contributed by atoms with E-state index in [0.717, 1.165) is 15.2 Å². The molecule has 0 saturated carbocycles. The lowest BCUT2D eigenvalue weighted by Gasteiger charge is -2.05. The second kappa shape index (κ2) is 3.99. The molecule has 66 valence electrons. The number of nitrogens with zero attached hydrogens (tertiary/aromatic N) is 2. The lowest BCUT2D eigenvalue weighted by Crippen LogP contribution is -2.06. The number of aryl methyl sites for hydroxylation is 1. The van der Waals surface area contributed by atoms with Crippen molar-refractivity contribution in [2.75, 3.05) is 12.8 Å². The Morgan fingerprint density at radius 1 is 1.50 bits per heavy atom. The Balaban J connectivity index is 3.09. The zero-order valence-electron chi connectivity index (χ0n) is 6.97. The number of nitrogens with two attached hydrogens (primary N) is 1. The Hall–Kier alpha value is -0.430. The van der Waals surface area contributed by atoms with Gasteiger partial charge in [-0.2, -0.15) is 0 Å². The summed E-state index contributed by atoms with van der Waals surface area (Å²) in [5, 5.41) is 0. The van der Waals surface area contributed by atoms with Gasteiger partial charge in [-0.15, -0.1) is 0 Å². The molecular formula is C7H10IN3O. The van der Waals surface area contributed by atoms with E-state index in [-0.39, 0.29) is 0 Å². The minimum atomic E-state index is 0.436. The quantitative estimate of drug-likeness (QED) is 0.651. The Labute approximate surface area is 84.7 Å². The molecule has 1 aromatic heterocycles. The molecule has 0 fully saturated rings. The van der Waals surface area contributed by atoms with Crippen LogP contribution in [0.25, 0.3) is 0 Å². The van der Waals surface area contributed by atoms with Gasteiger partial charge in [-0.1, -0.05) is 0 Å². The van der Waals surface area contributed by atoms with Crippen molar-refractivity contribution < 1.29 is 4.74 Å². The molecule has 0 aliphatic rings. The average molecular weight is 279 g/mol. The molecule has 0 bridgehead atoms. The Morgan fingerprint density at radius 2 is 2.17 bits per heavy atom. The van der Waals surface area contributed by atoms with E-state index >= 15 is 0 Å². The largest absolute Gasteiger partial charge is 0.395 e. The van der Waals surface area contributed by atoms with Crippen molar-refractivity contribution in [2.45, 2.75) is 13.5 Å². The van der Waals surface area contributed by atoms with Crippen LogP contribution in [0.2, 0.25) is 0 Å². The fourth-order valence-electron chi connectivity index (χ4n) is 0.849. The predicted molar refractivity (Wildman–Crippen MR) is 54.6 cm³/mol. The van der Waals surface area contributed by atoms with E-state index in [2.05, 4.69) is 32.6 Å². The van der Waals surface area contributed by atoms with Crippen molar-refractivity contribution in [1.82, 2.24) is 9.97 Å². The molecule has 0 unspecified atom stereocenters. The van der Waals surface area contributed by atoms with Gasteiger partial charge in [0, 0.05) is 7.11 Å². The highest BCUT2D eigenvalue weighted by atomic mass is 127. The van der Waals surface area contributed by atoms with Gasteiger partial charge in [0.05, 0.1) is 18.0 Å². The molecule has 1 heterocycles. The van der Waals surface area contributed by atoms with Gasteiger partial charge in [0.25, 0.3) is 0 Å². The van der Waals surface area contributed by atoms with Crippen molar-refractivity contribution in [3.63, 3.8) is 0 Å². The smallest absolute Gasteiger partial charge is 0.128 e. The predicted octanol–water partition coefficient (Wildman–Crippen LogP) is 1.12. The molecule has 0 aliphatic carbocycles. The summed E-state index contributed by atoms with van der Waals surface area (Å²) in [6.07, 6.45) is 0. The zero-order valence-corrected chi connectivity index (χ0v) is 9.12. The lowest BCUT2D eigenvalue weighted by molar-refractivity contribution is 0.181. The molecule has 12 heavy (non-hydrogen) atoms. The summed E-state index contributed by atoms with van der Waals surface area (Å²) in [6, 6.07) is 0. The van der Waals surface area contributed by atoms with Crippen LogP contribution in [-0.4, -0.2) is 17.1 Å². The molecular weight excluding hydrogens is 269 g/mol. The van der Waals surface area contributed by atoms with Gasteiger partial charge < -0.3 is 10.5 Å². The maximum Gasteiger partial charge on any atom is 0.128 e. The normalized spacial score (nSPS) is 10.2. The van der Waals surface area contributed by atoms with Crippen molar-refractivity contribution >= 4 is 28.3 Å². The number of nitrogen functional groups attached to an aromatic ring is 1. The highest BCUT2D eigenvalue weighted by molar-refractivity contribution is 14.1. The first kappa shape index (κ1) is 9.66. The minimum absolute atomic E-state index is 0.436. The monoisotopic (exact) mass is 279 g/mol. The average Bonchev–Trinajstić information content (AvgIpc) is 2.00. The third-order valence-corrected chi connectivity index (χ3v) is 2.19. The van der Waals surface area contributed by atoms with Crippen molar-refractivity contribution in [2.24, 2.45) is 0 Å². The molecule has 0 amide bonds. The summed E-state index contributed by atoms with van der Waals surface area (Å²) in [4.78, 5) is 8.27. The maximum absolute atomic E-state index is 5.73. The fraction of sp³-hybridized carbons (Fsp3) is 0.429. The first-order valence-electron chi connectivity index (χ1n) is 3.42. The molecule has 1 rings (SSSR count). The van der Waals surface area contributed by atoms with E-state index in [4.69, 9.17) is 10.5 Å². The van der Waals surface area contributed by atoms with E-state index in [9.17, 15) is 0 Å². The van der Waals surface area contributed by atoms with Gasteiger partial charge in [0.2, 0.25) is 0 Å². The Bertz CT molecular complexity index is 290. The van der Waals surface area contributed by atoms with Crippen LogP contribution in [0.1, 0.15) is 11.5 Å². The van der Waals surface area contributed by atoms with Gasteiger partial charge in [0.15, 0.2) is 0 Å². The van der Waals surface area contributed by atoms with Crippen LogP contribution in [0.4, 0.5) is 5.69 Å². The summed E-state index contributed by atoms with van der Waals surface area (Å²) in [5.74, 6) is 0.723. The third kappa shape index (κ3) is 2.04.